The van der Waals surface area contributed by atoms with Crippen molar-refractivity contribution >= 4 is 52.2 Å². The van der Waals surface area contributed by atoms with Crippen LogP contribution in [-0.4, -0.2) is 23.7 Å². The average molecular weight is 454 g/mol. The van der Waals surface area contributed by atoms with Crippen LogP contribution in [0.3, 0.4) is 0 Å². The molecule has 0 N–H and O–H groups in total. The van der Waals surface area contributed by atoms with E-state index in [0.29, 0.717) is 34.4 Å². The third kappa shape index (κ3) is 4.42. The van der Waals surface area contributed by atoms with E-state index >= 15 is 0 Å². The van der Waals surface area contributed by atoms with E-state index < -0.39 is 5.91 Å². The summed E-state index contributed by atoms with van der Waals surface area (Å²) in [5, 5.41) is 0.129. The molecule has 1 fully saturated rings. The molecule has 0 radical (unpaired) electrons. The molecule has 2 aromatic carbocycles. The molecule has 3 aromatic rings. The van der Waals surface area contributed by atoms with E-state index in [2.05, 4.69) is 0 Å². The van der Waals surface area contributed by atoms with Crippen LogP contribution in [0.4, 0.5) is 10.5 Å². The molecule has 1 aliphatic heterocycles. The summed E-state index contributed by atoms with van der Waals surface area (Å²) in [6.45, 7) is 2.06. The molecule has 8 heteroatoms. The van der Waals surface area contributed by atoms with Gasteiger partial charge < -0.3 is 9.15 Å². The zero-order valence-corrected chi connectivity index (χ0v) is 17.9. The number of ether oxygens (including phenoxy) is 1. The van der Waals surface area contributed by atoms with Crippen molar-refractivity contribution in [3.63, 3.8) is 0 Å². The smallest absolute Gasteiger partial charge is 0.338 e. The van der Waals surface area contributed by atoms with E-state index in [0.717, 1.165) is 22.2 Å². The molecule has 6 nitrogen and oxygen atoms in total. The van der Waals surface area contributed by atoms with Crippen molar-refractivity contribution in [3.8, 4) is 11.3 Å². The highest BCUT2D eigenvalue weighted by molar-refractivity contribution is 8.19. The quantitative estimate of drug-likeness (QED) is 0.347. The van der Waals surface area contributed by atoms with Gasteiger partial charge in [-0.3, -0.25) is 9.59 Å². The lowest BCUT2D eigenvalue weighted by atomic mass is 10.1. The van der Waals surface area contributed by atoms with E-state index in [1.54, 1.807) is 67.6 Å². The van der Waals surface area contributed by atoms with Crippen LogP contribution in [0.15, 0.2) is 70.0 Å². The third-order valence-electron chi connectivity index (χ3n) is 4.46. The van der Waals surface area contributed by atoms with Crippen molar-refractivity contribution in [1.82, 2.24) is 0 Å². The van der Waals surface area contributed by atoms with Crippen LogP contribution >= 0.6 is 23.4 Å². The summed E-state index contributed by atoms with van der Waals surface area (Å²) in [7, 11) is 0. The van der Waals surface area contributed by atoms with Crippen LogP contribution in [0.25, 0.3) is 17.4 Å². The summed E-state index contributed by atoms with van der Waals surface area (Å²) < 4.78 is 10.8. The molecule has 1 saturated heterocycles. The molecule has 0 aliphatic carbocycles. The van der Waals surface area contributed by atoms with E-state index in [1.165, 1.54) is 6.08 Å². The maximum absolute atomic E-state index is 12.7. The van der Waals surface area contributed by atoms with Crippen LogP contribution < -0.4 is 4.90 Å². The number of amides is 2. The molecule has 1 aromatic heterocycles. The van der Waals surface area contributed by atoms with Gasteiger partial charge in [0.2, 0.25) is 0 Å². The van der Waals surface area contributed by atoms with Crippen LogP contribution in [0.5, 0.6) is 0 Å². The fourth-order valence-corrected chi connectivity index (χ4v) is 3.93. The molecule has 4 rings (SSSR count). The number of benzene rings is 2. The minimum absolute atomic E-state index is 0.263. The molecule has 0 atom stereocenters. The standard InChI is InChI=1S/C23H16ClNO5S/c1-2-29-22(27)15-5-3-14(4-6-15)19-12-11-18(30-19)13-20-21(26)25(23(28)31-20)17-9-7-16(24)8-10-17/h3-13H,2H2,1H3/b20-13+. The molecular formula is C23H16ClNO5S. The number of rotatable bonds is 5. The maximum atomic E-state index is 12.7. The van der Waals surface area contributed by atoms with Crippen molar-refractivity contribution in [2.24, 2.45) is 0 Å². The molecule has 156 valence electrons. The molecule has 0 unspecified atom stereocenters. The number of nitrogens with zero attached hydrogens (tertiary/aromatic N) is 1. The molecule has 0 bridgehead atoms. The Morgan fingerprint density at radius 2 is 1.77 bits per heavy atom. The SMILES string of the molecule is CCOC(=O)c1ccc(-c2ccc(/C=C3/SC(=O)N(c4ccc(Cl)cc4)C3=O)o2)cc1. The van der Waals surface area contributed by atoms with Gasteiger partial charge in [0.1, 0.15) is 11.5 Å². The summed E-state index contributed by atoms with van der Waals surface area (Å²) in [5.74, 6) is 0.198. The number of anilines is 1. The number of halogens is 1. The molecule has 0 saturated carbocycles. The number of hydrogen-bond acceptors (Lipinski definition) is 6. The Labute approximate surface area is 187 Å². The second kappa shape index (κ2) is 8.83. The second-order valence-electron chi connectivity index (χ2n) is 6.49. The Morgan fingerprint density at radius 1 is 1.06 bits per heavy atom. The van der Waals surface area contributed by atoms with Crippen molar-refractivity contribution in [2.75, 3.05) is 11.5 Å². The van der Waals surface area contributed by atoms with Gasteiger partial charge in [0.15, 0.2) is 0 Å². The highest BCUT2D eigenvalue weighted by Crippen LogP contribution is 2.36. The number of carbonyl (C=O) groups excluding carboxylic acids is 3. The van der Waals surface area contributed by atoms with Crippen LogP contribution in [-0.2, 0) is 9.53 Å². The number of hydrogen-bond donors (Lipinski definition) is 0. The third-order valence-corrected chi connectivity index (χ3v) is 5.58. The molecule has 0 spiro atoms. The number of thioether (sulfide) groups is 1. The fourth-order valence-electron chi connectivity index (χ4n) is 2.98. The Bertz CT molecular complexity index is 1180. The highest BCUT2D eigenvalue weighted by atomic mass is 35.5. The predicted octanol–water partition coefficient (Wildman–Crippen LogP) is 6.02. The highest BCUT2D eigenvalue weighted by Gasteiger charge is 2.36. The largest absolute Gasteiger partial charge is 0.462 e. The Morgan fingerprint density at radius 3 is 2.45 bits per heavy atom. The van der Waals surface area contributed by atoms with E-state index in [4.69, 9.17) is 20.8 Å². The molecule has 2 amide bonds. The normalized spacial score (nSPS) is 15.0. The topological polar surface area (TPSA) is 76.8 Å². The first kappa shape index (κ1) is 21.0. The van der Waals surface area contributed by atoms with Gasteiger partial charge in [0, 0.05) is 16.7 Å². The lowest BCUT2D eigenvalue weighted by Crippen LogP contribution is -2.27. The summed E-state index contributed by atoms with van der Waals surface area (Å²) in [6.07, 6.45) is 1.54. The zero-order valence-electron chi connectivity index (χ0n) is 16.3. The van der Waals surface area contributed by atoms with Crippen molar-refractivity contribution in [1.29, 1.82) is 0 Å². The van der Waals surface area contributed by atoms with E-state index in [9.17, 15) is 14.4 Å². The lowest BCUT2D eigenvalue weighted by molar-refractivity contribution is -0.113. The van der Waals surface area contributed by atoms with Gasteiger partial charge in [-0.15, -0.1) is 0 Å². The summed E-state index contributed by atoms with van der Waals surface area (Å²) >= 11 is 6.72. The Kier molecular flexibility index (Phi) is 5.97. The molecular weight excluding hydrogens is 438 g/mol. The van der Waals surface area contributed by atoms with Gasteiger partial charge in [0.25, 0.3) is 11.1 Å². The average Bonchev–Trinajstić information content (AvgIpc) is 3.34. The van der Waals surface area contributed by atoms with Crippen molar-refractivity contribution in [2.45, 2.75) is 6.92 Å². The minimum Gasteiger partial charge on any atom is -0.462 e. The van der Waals surface area contributed by atoms with Crippen molar-refractivity contribution in [3.05, 3.63) is 81.9 Å². The van der Waals surface area contributed by atoms with Gasteiger partial charge >= 0.3 is 5.97 Å². The molecule has 31 heavy (non-hydrogen) atoms. The number of imide groups is 1. The van der Waals surface area contributed by atoms with Gasteiger partial charge in [-0.2, -0.15) is 0 Å². The van der Waals surface area contributed by atoms with Gasteiger partial charge in [0.05, 0.1) is 22.8 Å². The minimum atomic E-state index is -0.422. The Balaban J connectivity index is 1.53. The number of carbonyl (C=O) groups is 3. The first-order chi connectivity index (χ1) is 15.0. The first-order valence-corrected chi connectivity index (χ1v) is 10.6. The second-order valence-corrected chi connectivity index (χ2v) is 7.92. The number of esters is 1. The monoisotopic (exact) mass is 453 g/mol. The van der Waals surface area contributed by atoms with Gasteiger partial charge in [-0.1, -0.05) is 23.7 Å². The fraction of sp³-hybridized carbons (Fsp3) is 0.0870. The maximum Gasteiger partial charge on any atom is 0.338 e. The Hall–Kier alpha value is -3.29. The summed E-state index contributed by atoms with van der Waals surface area (Å²) in [5.41, 5.74) is 1.67. The zero-order chi connectivity index (χ0) is 22.0. The van der Waals surface area contributed by atoms with E-state index in [-0.39, 0.29) is 16.1 Å². The van der Waals surface area contributed by atoms with Crippen LogP contribution in [0.2, 0.25) is 5.02 Å². The summed E-state index contributed by atoms with van der Waals surface area (Å²) in [6, 6.07) is 16.8. The van der Waals surface area contributed by atoms with Gasteiger partial charge in [-0.05, 0) is 67.2 Å². The van der Waals surface area contributed by atoms with Gasteiger partial charge in [-0.25, -0.2) is 9.69 Å². The van der Waals surface area contributed by atoms with Crippen molar-refractivity contribution < 1.29 is 23.5 Å². The van der Waals surface area contributed by atoms with Crippen LogP contribution in [0, 0.1) is 0 Å². The first-order valence-electron chi connectivity index (χ1n) is 9.37. The lowest BCUT2D eigenvalue weighted by Gasteiger charge is -2.11. The molecule has 1 aliphatic rings. The predicted molar refractivity (Wildman–Crippen MR) is 120 cm³/mol. The van der Waals surface area contributed by atoms with E-state index in [1.807, 2.05) is 0 Å². The van der Waals surface area contributed by atoms with Crippen LogP contribution in [0.1, 0.15) is 23.0 Å². The molecule has 2 heterocycles. The number of furan rings is 1. The summed E-state index contributed by atoms with van der Waals surface area (Å²) in [4.78, 5) is 38.2.